The average Bonchev–Trinajstić information content (AvgIpc) is 2.62. The molecule has 0 radical (unpaired) electrons. The fraction of sp³-hybridized carbons (Fsp3) is 0.222. The first kappa shape index (κ1) is 17.3. The first-order valence-electron chi connectivity index (χ1n) is 7.50. The molecule has 24 heavy (non-hydrogen) atoms. The number of methoxy groups -OCH3 is 2. The van der Waals surface area contributed by atoms with Crippen LogP contribution in [0.15, 0.2) is 42.5 Å². The van der Waals surface area contributed by atoms with E-state index in [2.05, 4.69) is 10.6 Å². The number of hydrogen-bond donors (Lipinski definition) is 2. The van der Waals surface area contributed by atoms with Crippen molar-refractivity contribution in [2.45, 2.75) is 13.3 Å². The molecule has 0 bridgehead atoms. The summed E-state index contributed by atoms with van der Waals surface area (Å²) in [5, 5.41) is 5.54. The molecule has 2 rings (SSSR count). The van der Waals surface area contributed by atoms with Gasteiger partial charge in [-0.1, -0.05) is 6.92 Å². The second-order valence-electron chi connectivity index (χ2n) is 5.03. The van der Waals surface area contributed by atoms with Gasteiger partial charge in [-0.25, -0.2) is 0 Å². The van der Waals surface area contributed by atoms with E-state index in [1.54, 1.807) is 49.4 Å². The smallest absolute Gasteiger partial charge is 0.255 e. The molecule has 0 aliphatic rings. The van der Waals surface area contributed by atoms with Crippen molar-refractivity contribution in [3.8, 4) is 11.5 Å². The molecule has 0 unspecified atom stereocenters. The normalized spacial score (nSPS) is 9.96. The third-order valence-corrected chi connectivity index (χ3v) is 3.36. The quantitative estimate of drug-likeness (QED) is 0.853. The van der Waals surface area contributed by atoms with E-state index in [-0.39, 0.29) is 11.8 Å². The van der Waals surface area contributed by atoms with Gasteiger partial charge in [0.05, 0.1) is 14.2 Å². The topological polar surface area (TPSA) is 76.7 Å². The van der Waals surface area contributed by atoms with Gasteiger partial charge in [0.1, 0.15) is 11.5 Å². The predicted octanol–water partition coefficient (Wildman–Crippen LogP) is 3.30. The minimum absolute atomic E-state index is 0.0599. The molecule has 2 amide bonds. The third-order valence-electron chi connectivity index (χ3n) is 3.36. The summed E-state index contributed by atoms with van der Waals surface area (Å²) in [7, 11) is 3.06. The number of amides is 2. The van der Waals surface area contributed by atoms with Crippen LogP contribution in [0.3, 0.4) is 0 Å². The highest BCUT2D eigenvalue weighted by atomic mass is 16.5. The first-order chi connectivity index (χ1) is 11.5. The molecule has 0 saturated carbocycles. The summed E-state index contributed by atoms with van der Waals surface area (Å²) >= 11 is 0. The molecule has 0 aromatic heterocycles. The molecule has 0 aliphatic carbocycles. The lowest BCUT2D eigenvalue weighted by molar-refractivity contribution is -0.115. The standard InChI is InChI=1S/C18H20N2O4/c1-4-17(21)19-13-5-7-14(8-6-13)20-18(22)12-9-15(23-2)11-16(10-12)24-3/h5-11H,4H2,1-3H3,(H,19,21)(H,20,22). The van der Waals surface area contributed by atoms with Crippen molar-refractivity contribution >= 4 is 23.2 Å². The number of hydrogen-bond acceptors (Lipinski definition) is 4. The molecule has 0 atom stereocenters. The van der Waals surface area contributed by atoms with Crippen molar-refractivity contribution < 1.29 is 19.1 Å². The maximum atomic E-state index is 12.4. The Morgan fingerprint density at radius 2 is 1.38 bits per heavy atom. The second kappa shape index (κ2) is 8.01. The lowest BCUT2D eigenvalue weighted by Crippen LogP contribution is -2.13. The van der Waals surface area contributed by atoms with Gasteiger partial charge in [0.25, 0.3) is 5.91 Å². The van der Waals surface area contributed by atoms with E-state index < -0.39 is 0 Å². The molecule has 0 fully saturated rings. The zero-order chi connectivity index (χ0) is 17.5. The van der Waals surface area contributed by atoms with Gasteiger partial charge in [-0.3, -0.25) is 9.59 Å². The Balaban J connectivity index is 2.10. The number of ether oxygens (including phenoxy) is 2. The molecule has 0 saturated heterocycles. The Morgan fingerprint density at radius 3 is 1.83 bits per heavy atom. The van der Waals surface area contributed by atoms with Crippen LogP contribution in [0.2, 0.25) is 0 Å². The van der Waals surface area contributed by atoms with Crippen molar-refractivity contribution in [3.05, 3.63) is 48.0 Å². The van der Waals surface area contributed by atoms with Crippen molar-refractivity contribution in [2.24, 2.45) is 0 Å². The Kier molecular flexibility index (Phi) is 5.78. The van der Waals surface area contributed by atoms with E-state index >= 15 is 0 Å². The Bertz CT molecular complexity index is 704. The van der Waals surface area contributed by atoms with E-state index in [0.29, 0.717) is 34.9 Å². The lowest BCUT2D eigenvalue weighted by Gasteiger charge is -2.10. The van der Waals surface area contributed by atoms with Gasteiger partial charge in [-0.2, -0.15) is 0 Å². The molecule has 0 aliphatic heterocycles. The van der Waals surface area contributed by atoms with E-state index in [0.717, 1.165) is 0 Å². The summed E-state index contributed by atoms with van der Waals surface area (Å²) in [6.07, 6.45) is 0.413. The minimum Gasteiger partial charge on any atom is -0.497 e. The second-order valence-corrected chi connectivity index (χ2v) is 5.03. The highest BCUT2D eigenvalue weighted by Crippen LogP contribution is 2.23. The van der Waals surface area contributed by atoms with E-state index in [9.17, 15) is 9.59 Å². The summed E-state index contributed by atoms with van der Waals surface area (Å²) in [6, 6.07) is 11.9. The van der Waals surface area contributed by atoms with Gasteiger partial charge in [-0.15, -0.1) is 0 Å². The van der Waals surface area contributed by atoms with Crippen molar-refractivity contribution in [3.63, 3.8) is 0 Å². The average molecular weight is 328 g/mol. The fourth-order valence-corrected chi connectivity index (χ4v) is 2.03. The summed E-state index contributed by atoms with van der Waals surface area (Å²) in [5.41, 5.74) is 1.73. The number of nitrogens with one attached hydrogen (secondary N) is 2. The molecule has 2 aromatic rings. The number of benzene rings is 2. The van der Waals surface area contributed by atoms with Crippen LogP contribution in [0.25, 0.3) is 0 Å². The molecule has 126 valence electrons. The van der Waals surface area contributed by atoms with Crippen LogP contribution >= 0.6 is 0 Å². The van der Waals surface area contributed by atoms with Crippen molar-refractivity contribution in [1.29, 1.82) is 0 Å². The van der Waals surface area contributed by atoms with Crippen molar-refractivity contribution in [2.75, 3.05) is 24.9 Å². The van der Waals surface area contributed by atoms with Crippen LogP contribution in [0.1, 0.15) is 23.7 Å². The van der Waals surface area contributed by atoms with Crippen LogP contribution in [-0.2, 0) is 4.79 Å². The highest BCUT2D eigenvalue weighted by Gasteiger charge is 2.10. The molecule has 0 heterocycles. The third kappa shape index (κ3) is 4.49. The monoisotopic (exact) mass is 328 g/mol. The van der Waals surface area contributed by atoms with Crippen LogP contribution in [0.5, 0.6) is 11.5 Å². The maximum Gasteiger partial charge on any atom is 0.255 e. The minimum atomic E-state index is -0.280. The van der Waals surface area contributed by atoms with E-state index in [1.807, 2.05) is 0 Å². The maximum absolute atomic E-state index is 12.4. The first-order valence-corrected chi connectivity index (χ1v) is 7.50. The Morgan fingerprint density at radius 1 is 0.875 bits per heavy atom. The van der Waals surface area contributed by atoms with Gasteiger partial charge in [0.15, 0.2) is 0 Å². The van der Waals surface area contributed by atoms with Gasteiger partial charge in [0, 0.05) is 29.4 Å². The SMILES string of the molecule is CCC(=O)Nc1ccc(NC(=O)c2cc(OC)cc(OC)c2)cc1. The van der Waals surface area contributed by atoms with Crippen molar-refractivity contribution in [1.82, 2.24) is 0 Å². The highest BCUT2D eigenvalue weighted by molar-refractivity contribution is 6.05. The van der Waals surface area contributed by atoms with E-state index in [4.69, 9.17) is 9.47 Å². The fourth-order valence-electron chi connectivity index (χ4n) is 2.03. The number of carbonyl (C=O) groups is 2. The van der Waals surface area contributed by atoms with Gasteiger partial charge in [-0.05, 0) is 36.4 Å². The van der Waals surface area contributed by atoms with E-state index in [1.165, 1.54) is 14.2 Å². The zero-order valence-electron chi connectivity index (χ0n) is 13.9. The molecule has 2 N–H and O–H groups in total. The van der Waals surface area contributed by atoms with Crippen LogP contribution in [0, 0.1) is 0 Å². The predicted molar refractivity (Wildman–Crippen MR) is 92.9 cm³/mol. The molecule has 2 aromatic carbocycles. The zero-order valence-corrected chi connectivity index (χ0v) is 13.9. The molecule has 0 spiro atoms. The molecular weight excluding hydrogens is 308 g/mol. The Labute approximate surface area is 140 Å². The lowest BCUT2D eigenvalue weighted by atomic mass is 10.1. The molecule has 6 heteroatoms. The summed E-state index contributed by atoms with van der Waals surface area (Å²) in [4.78, 5) is 23.7. The van der Waals surface area contributed by atoms with Gasteiger partial charge < -0.3 is 20.1 Å². The van der Waals surface area contributed by atoms with Gasteiger partial charge in [0.2, 0.25) is 5.91 Å². The summed E-state index contributed by atoms with van der Waals surface area (Å²) < 4.78 is 10.3. The number of carbonyl (C=O) groups excluding carboxylic acids is 2. The number of anilines is 2. The largest absolute Gasteiger partial charge is 0.497 e. The molecule has 6 nitrogen and oxygen atoms in total. The summed E-state index contributed by atoms with van der Waals surface area (Å²) in [5.74, 6) is 0.738. The van der Waals surface area contributed by atoms with Crippen LogP contribution < -0.4 is 20.1 Å². The molecular formula is C18H20N2O4. The Hall–Kier alpha value is -3.02. The van der Waals surface area contributed by atoms with Crippen LogP contribution in [0.4, 0.5) is 11.4 Å². The van der Waals surface area contributed by atoms with Crippen LogP contribution in [-0.4, -0.2) is 26.0 Å². The summed E-state index contributed by atoms with van der Waals surface area (Å²) in [6.45, 7) is 1.78. The van der Waals surface area contributed by atoms with Gasteiger partial charge >= 0.3 is 0 Å². The number of rotatable bonds is 6.